The van der Waals surface area contributed by atoms with E-state index in [1.807, 2.05) is 11.0 Å². The molecule has 1 saturated heterocycles. The summed E-state index contributed by atoms with van der Waals surface area (Å²) >= 11 is 0. The summed E-state index contributed by atoms with van der Waals surface area (Å²) in [7, 11) is 0. The highest BCUT2D eigenvalue weighted by molar-refractivity contribution is 5.74. The zero-order valence-electron chi connectivity index (χ0n) is 13.0. The van der Waals surface area contributed by atoms with E-state index in [0.29, 0.717) is 17.9 Å². The lowest BCUT2D eigenvalue weighted by atomic mass is 10.1. The molecule has 0 unspecified atom stereocenters. The quantitative estimate of drug-likeness (QED) is 0.917. The van der Waals surface area contributed by atoms with Crippen LogP contribution in [0.25, 0.3) is 0 Å². The Kier molecular flexibility index (Phi) is 4.26. The summed E-state index contributed by atoms with van der Waals surface area (Å²) in [4.78, 5) is 22.2. The summed E-state index contributed by atoms with van der Waals surface area (Å²) in [6.07, 6.45) is 0. The van der Waals surface area contributed by atoms with E-state index in [0.717, 1.165) is 30.4 Å². The Morgan fingerprint density at radius 1 is 1.25 bits per heavy atom. The number of nitrogens with zero attached hydrogens (tertiary/aromatic N) is 3. The van der Waals surface area contributed by atoms with Gasteiger partial charge in [-0.1, -0.05) is 27.7 Å². The molecule has 1 aromatic heterocycles. The normalized spacial score (nSPS) is 15.7. The van der Waals surface area contributed by atoms with Crippen molar-refractivity contribution in [2.45, 2.75) is 52.5 Å². The van der Waals surface area contributed by atoms with Gasteiger partial charge in [-0.3, -0.25) is 4.79 Å². The zero-order valence-corrected chi connectivity index (χ0v) is 13.0. The van der Waals surface area contributed by atoms with Gasteiger partial charge < -0.3 is 10.2 Å². The Morgan fingerprint density at radius 2 is 1.90 bits per heavy atom. The molecule has 0 aromatic carbocycles. The highest BCUT2D eigenvalue weighted by Crippen LogP contribution is 2.21. The van der Waals surface area contributed by atoms with Gasteiger partial charge in [0.2, 0.25) is 5.91 Å². The molecule has 5 nitrogen and oxygen atoms in total. The minimum atomic E-state index is 0.136. The maximum Gasteiger partial charge on any atom is 0.219 e. The molecule has 0 aliphatic carbocycles. The van der Waals surface area contributed by atoms with Crippen molar-refractivity contribution in [1.82, 2.24) is 14.9 Å². The van der Waals surface area contributed by atoms with E-state index in [9.17, 15) is 4.79 Å². The monoisotopic (exact) mass is 276 g/mol. The van der Waals surface area contributed by atoms with E-state index in [4.69, 9.17) is 0 Å². The fraction of sp³-hybridized carbons (Fsp3) is 0.667. The highest BCUT2D eigenvalue weighted by atomic mass is 16.2. The van der Waals surface area contributed by atoms with Crippen molar-refractivity contribution in [3.63, 3.8) is 0 Å². The van der Waals surface area contributed by atoms with Crippen LogP contribution < -0.4 is 5.32 Å². The third kappa shape index (κ3) is 3.26. The van der Waals surface area contributed by atoms with Crippen molar-refractivity contribution in [2.24, 2.45) is 0 Å². The van der Waals surface area contributed by atoms with Crippen molar-refractivity contribution in [3.8, 4) is 0 Å². The van der Waals surface area contributed by atoms with Crippen LogP contribution >= 0.6 is 0 Å². The molecule has 1 fully saturated rings. The van der Waals surface area contributed by atoms with Gasteiger partial charge in [0.05, 0.1) is 6.04 Å². The third-order valence-electron chi connectivity index (χ3n) is 3.55. The summed E-state index contributed by atoms with van der Waals surface area (Å²) < 4.78 is 0. The molecular weight excluding hydrogens is 252 g/mol. The maximum atomic E-state index is 11.2. The predicted octanol–water partition coefficient (Wildman–Crippen LogP) is 2.37. The first-order chi connectivity index (χ1) is 9.36. The molecule has 0 spiro atoms. The molecule has 1 aromatic rings. The van der Waals surface area contributed by atoms with E-state index in [-0.39, 0.29) is 5.91 Å². The molecule has 5 heteroatoms. The number of carbonyl (C=O) groups is 1. The first-order valence-electron chi connectivity index (χ1n) is 7.27. The van der Waals surface area contributed by atoms with Crippen LogP contribution in [-0.2, 0) is 4.79 Å². The number of hydrogen-bond acceptors (Lipinski definition) is 4. The lowest BCUT2D eigenvalue weighted by molar-refractivity contribution is -0.132. The predicted molar refractivity (Wildman–Crippen MR) is 79.9 cm³/mol. The van der Waals surface area contributed by atoms with Crippen LogP contribution in [0.3, 0.4) is 0 Å². The number of rotatable bonds is 4. The van der Waals surface area contributed by atoms with Gasteiger partial charge in [0.25, 0.3) is 0 Å². The molecule has 110 valence electrons. The lowest BCUT2D eigenvalue weighted by Crippen LogP contribution is -2.56. The van der Waals surface area contributed by atoms with Crippen LogP contribution in [-0.4, -0.2) is 39.9 Å². The molecule has 2 rings (SSSR count). The van der Waals surface area contributed by atoms with Gasteiger partial charge in [-0.05, 0) is 5.92 Å². The van der Waals surface area contributed by atoms with Gasteiger partial charge in [0, 0.05) is 37.7 Å². The van der Waals surface area contributed by atoms with E-state index in [1.165, 1.54) is 0 Å². The van der Waals surface area contributed by atoms with E-state index >= 15 is 0 Å². The summed E-state index contributed by atoms with van der Waals surface area (Å²) in [6, 6.07) is 2.32. The lowest BCUT2D eigenvalue weighted by Gasteiger charge is -2.39. The number of amides is 1. The molecule has 1 amide bonds. The average molecular weight is 276 g/mol. The molecule has 1 aliphatic rings. The Bertz CT molecular complexity index is 466. The van der Waals surface area contributed by atoms with Gasteiger partial charge >= 0.3 is 0 Å². The maximum absolute atomic E-state index is 11.2. The Labute approximate surface area is 120 Å². The molecule has 20 heavy (non-hydrogen) atoms. The molecule has 0 bridgehead atoms. The van der Waals surface area contributed by atoms with Gasteiger partial charge in [-0.15, -0.1) is 0 Å². The van der Waals surface area contributed by atoms with Gasteiger partial charge in [0.15, 0.2) is 0 Å². The number of hydrogen-bond donors (Lipinski definition) is 1. The fourth-order valence-corrected chi connectivity index (χ4v) is 2.15. The SMILES string of the molecule is CC(=O)N1CC(Nc2cc(C(C)C)nc(C(C)C)n2)C1. The molecule has 1 aliphatic heterocycles. The molecule has 0 atom stereocenters. The molecule has 2 heterocycles. The summed E-state index contributed by atoms with van der Waals surface area (Å²) in [5, 5.41) is 3.41. The molecule has 0 radical (unpaired) electrons. The topological polar surface area (TPSA) is 58.1 Å². The average Bonchev–Trinajstić information content (AvgIpc) is 2.32. The highest BCUT2D eigenvalue weighted by Gasteiger charge is 2.28. The number of carbonyl (C=O) groups excluding carboxylic acids is 1. The second-order valence-electron chi connectivity index (χ2n) is 6.11. The number of nitrogens with one attached hydrogen (secondary N) is 1. The Balaban J connectivity index is 2.09. The smallest absolute Gasteiger partial charge is 0.219 e. The van der Waals surface area contributed by atoms with Gasteiger partial charge in [-0.2, -0.15) is 0 Å². The van der Waals surface area contributed by atoms with Crippen molar-refractivity contribution in [3.05, 3.63) is 17.6 Å². The summed E-state index contributed by atoms with van der Waals surface area (Å²) in [5.74, 6) is 2.58. The number of anilines is 1. The Hall–Kier alpha value is -1.65. The third-order valence-corrected chi connectivity index (χ3v) is 3.55. The summed E-state index contributed by atoms with van der Waals surface area (Å²) in [5.41, 5.74) is 1.06. The van der Waals surface area contributed by atoms with E-state index in [1.54, 1.807) is 6.92 Å². The zero-order chi connectivity index (χ0) is 14.9. The Morgan fingerprint density at radius 3 is 2.40 bits per heavy atom. The largest absolute Gasteiger partial charge is 0.364 e. The number of aromatic nitrogens is 2. The fourth-order valence-electron chi connectivity index (χ4n) is 2.15. The van der Waals surface area contributed by atoms with Crippen LogP contribution in [0.2, 0.25) is 0 Å². The van der Waals surface area contributed by atoms with Gasteiger partial charge in [-0.25, -0.2) is 9.97 Å². The van der Waals surface area contributed by atoms with Gasteiger partial charge in [0.1, 0.15) is 11.6 Å². The van der Waals surface area contributed by atoms with E-state index in [2.05, 4.69) is 43.0 Å². The van der Waals surface area contributed by atoms with Crippen LogP contribution in [0.5, 0.6) is 0 Å². The number of likely N-dealkylation sites (tertiary alicyclic amines) is 1. The van der Waals surface area contributed by atoms with Crippen LogP contribution in [0.15, 0.2) is 6.07 Å². The van der Waals surface area contributed by atoms with Crippen molar-refractivity contribution < 1.29 is 4.79 Å². The van der Waals surface area contributed by atoms with Crippen LogP contribution in [0.4, 0.5) is 5.82 Å². The minimum Gasteiger partial charge on any atom is -0.364 e. The first kappa shape index (κ1) is 14.8. The van der Waals surface area contributed by atoms with Crippen molar-refractivity contribution in [2.75, 3.05) is 18.4 Å². The first-order valence-corrected chi connectivity index (χ1v) is 7.27. The van der Waals surface area contributed by atoms with Crippen molar-refractivity contribution >= 4 is 11.7 Å². The second-order valence-corrected chi connectivity index (χ2v) is 6.11. The second kappa shape index (κ2) is 5.77. The van der Waals surface area contributed by atoms with E-state index < -0.39 is 0 Å². The molecular formula is C15H24N4O. The van der Waals surface area contributed by atoms with Crippen LogP contribution in [0.1, 0.15) is 58.0 Å². The molecule has 0 saturated carbocycles. The van der Waals surface area contributed by atoms with Crippen molar-refractivity contribution in [1.29, 1.82) is 0 Å². The standard InChI is InChI=1S/C15H24N4O/c1-9(2)13-6-14(18-15(17-13)10(3)4)16-12-7-19(8-12)11(5)20/h6,9-10,12H,7-8H2,1-5H3,(H,16,17,18). The minimum absolute atomic E-state index is 0.136. The summed E-state index contributed by atoms with van der Waals surface area (Å²) in [6.45, 7) is 11.6. The molecule has 1 N–H and O–H groups in total. The van der Waals surface area contributed by atoms with Crippen LogP contribution in [0, 0.1) is 0 Å².